The Morgan fingerprint density at radius 1 is 0.700 bits per heavy atom. The molecule has 2 aromatic rings. The maximum absolute atomic E-state index is 2.40. The Morgan fingerprint density at radius 3 is 2.60 bits per heavy atom. The largest absolute Gasteiger partial charge is 0.0620 e. The molecule has 0 radical (unpaired) electrons. The molecule has 0 bridgehead atoms. The van der Waals surface area contributed by atoms with Crippen molar-refractivity contribution in [2.24, 2.45) is 0 Å². The highest BCUT2D eigenvalue weighted by molar-refractivity contribution is 5.88. The number of hydrogen-bond acceptors (Lipinski definition) is 0. The number of allylic oxidation sites excluding steroid dienone is 2. The molecule has 20 heavy (non-hydrogen) atoms. The summed E-state index contributed by atoms with van der Waals surface area (Å²) in [5, 5.41) is 0. The van der Waals surface area contributed by atoms with Gasteiger partial charge in [-0.15, -0.1) is 0 Å². The van der Waals surface area contributed by atoms with Crippen LogP contribution in [0.1, 0.15) is 47.9 Å². The Hall–Kier alpha value is -1.82. The SMILES string of the molecule is c1ccc2c(c1)Cc1c-2ccc2c1C1=C(CCCC1)C2. The van der Waals surface area contributed by atoms with Crippen LogP contribution in [-0.2, 0) is 12.8 Å². The molecule has 0 atom stereocenters. The fraction of sp³-hybridized carbons (Fsp3) is 0.300. The molecule has 0 N–H and O–H groups in total. The zero-order valence-corrected chi connectivity index (χ0v) is 11.7. The van der Waals surface area contributed by atoms with Gasteiger partial charge in [0.1, 0.15) is 0 Å². The first-order valence-electron chi connectivity index (χ1n) is 7.86. The van der Waals surface area contributed by atoms with Gasteiger partial charge >= 0.3 is 0 Å². The summed E-state index contributed by atoms with van der Waals surface area (Å²) in [7, 11) is 0. The van der Waals surface area contributed by atoms with Crippen LogP contribution < -0.4 is 0 Å². The molecule has 0 amide bonds. The molecule has 0 aliphatic heterocycles. The minimum absolute atomic E-state index is 1.14. The Morgan fingerprint density at radius 2 is 1.60 bits per heavy atom. The first-order valence-corrected chi connectivity index (χ1v) is 7.86. The molecule has 3 aliphatic rings. The van der Waals surface area contributed by atoms with Crippen LogP contribution in [0.15, 0.2) is 42.0 Å². The summed E-state index contributed by atoms with van der Waals surface area (Å²) in [6, 6.07) is 13.7. The summed E-state index contributed by atoms with van der Waals surface area (Å²) >= 11 is 0. The van der Waals surface area contributed by atoms with E-state index in [0.717, 1.165) is 6.42 Å². The van der Waals surface area contributed by atoms with Crippen molar-refractivity contribution in [3.8, 4) is 11.1 Å². The monoisotopic (exact) mass is 258 g/mol. The molecular formula is C20H18. The van der Waals surface area contributed by atoms with Crippen molar-refractivity contribution in [2.75, 3.05) is 0 Å². The van der Waals surface area contributed by atoms with Crippen LogP contribution in [0.5, 0.6) is 0 Å². The fourth-order valence-corrected chi connectivity index (χ4v) is 4.48. The molecule has 0 nitrogen and oxygen atoms in total. The van der Waals surface area contributed by atoms with Crippen molar-refractivity contribution < 1.29 is 0 Å². The Labute approximate surface area is 120 Å². The van der Waals surface area contributed by atoms with E-state index in [9.17, 15) is 0 Å². The lowest BCUT2D eigenvalue weighted by molar-refractivity contribution is 0.711. The minimum Gasteiger partial charge on any atom is -0.0620 e. The van der Waals surface area contributed by atoms with E-state index >= 15 is 0 Å². The van der Waals surface area contributed by atoms with Gasteiger partial charge in [-0.25, -0.2) is 0 Å². The maximum Gasteiger partial charge on any atom is -0.000730 e. The van der Waals surface area contributed by atoms with E-state index in [-0.39, 0.29) is 0 Å². The predicted octanol–water partition coefficient (Wildman–Crippen LogP) is 5.14. The molecule has 0 spiro atoms. The van der Waals surface area contributed by atoms with Crippen LogP contribution in [0.4, 0.5) is 0 Å². The number of fused-ring (bicyclic) bond motifs is 6. The zero-order valence-electron chi connectivity index (χ0n) is 11.7. The average Bonchev–Trinajstić information content (AvgIpc) is 3.04. The van der Waals surface area contributed by atoms with Gasteiger partial charge in [-0.2, -0.15) is 0 Å². The predicted molar refractivity (Wildman–Crippen MR) is 83.8 cm³/mol. The molecular weight excluding hydrogens is 240 g/mol. The Bertz CT molecular complexity index is 762. The fourth-order valence-electron chi connectivity index (χ4n) is 4.48. The zero-order chi connectivity index (χ0) is 13.1. The van der Waals surface area contributed by atoms with Gasteiger partial charge < -0.3 is 0 Å². The number of benzene rings is 2. The second kappa shape index (κ2) is 3.85. The highest BCUT2D eigenvalue weighted by Crippen LogP contribution is 2.48. The van der Waals surface area contributed by atoms with Crippen molar-refractivity contribution in [1.82, 2.24) is 0 Å². The molecule has 0 fully saturated rings. The van der Waals surface area contributed by atoms with E-state index in [1.165, 1.54) is 48.8 Å². The molecule has 0 unspecified atom stereocenters. The lowest BCUT2D eigenvalue weighted by atomic mass is 9.89. The smallest absolute Gasteiger partial charge is 0.000730 e. The topological polar surface area (TPSA) is 0 Å². The third-order valence-corrected chi connectivity index (χ3v) is 5.36. The van der Waals surface area contributed by atoms with Gasteiger partial charge in [0.05, 0.1) is 0 Å². The molecule has 5 rings (SSSR count). The molecule has 0 heteroatoms. The van der Waals surface area contributed by atoms with Gasteiger partial charge in [-0.3, -0.25) is 0 Å². The van der Waals surface area contributed by atoms with E-state index in [4.69, 9.17) is 0 Å². The van der Waals surface area contributed by atoms with Gasteiger partial charge in [0, 0.05) is 0 Å². The molecule has 0 saturated carbocycles. The van der Waals surface area contributed by atoms with Gasteiger partial charge in [-0.05, 0) is 77.5 Å². The van der Waals surface area contributed by atoms with Crippen molar-refractivity contribution >= 4 is 5.57 Å². The summed E-state index contributed by atoms with van der Waals surface area (Å²) < 4.78 is 0. The van der Waals surface area contributed by atoms with E-state index in [1.54, 1.807) is 27.8 Å². The average molecular weight is 258 g/mol. The van der Waals surface area contributed by atoms with Gasteiger partial charge in [-0.1, -0.05) is 42.0 Å². The Balaban J connectivity index is 1.76. The molecule has 3 aliphatic carbocycles. The maximum atomic E-state index is 2.40. The third kappa shape index (κ3) is 1.32. The number of rotatable bonds is 0. The van der Waals surface area contributed by atoms with Crippen LogP contribution in [0.2, 0.25) is 0 Å². The molecule has 98 valence electrons. The van der Waals surface area contributed by atoms with E-state index in [2.05, 4.69) is 36.4 Å². The van der Waals surface area contributed by atoms with Crippen LogP contribution in [0.3, 0.4) is 0 Å². The van der Waals surface area contributed by atoms with E-state index < -0.39 is 0 Å². The molecule has 0 aromatic heterocycles. The van der Waals surface area contributed by atoms with E-state index in [0.29, 0.717) is 0 Å². The van der Waals surface area contributed by atoms with Crippen molar-refractivity contribution in [3.63, 3.8) is 0 Å². The summed E-state index contributed by atoms with van der Waals surface area (Å²) in [5.41, 5.74) is 12.8. The standard InChI is InChI=1S/C20H18/c1-3-7-16-14(6-1)12-19-18(16)10-9-15-11-13-5-2-4-8-17(13)20(15)19/h1,3,6-7,9-10H,2,4-5,8,11-12H2. The molecule has 0 saturated heterocycles. The first-order chi connectivity index (χ1) is 9.92. The summed E-state index contributed by atoms with van der Waals surface area (Å²) in [4.78, 5) is 0. The quantitative estimate of drug-likeness (QED) is 0.523. The van der Waals surface area contributed by atoms with E-state index in [1.807, 2.05) is 0 Å². The molecule has 2 aromatic carbocycles. The van der Waals surface area contributed by atoms with Crippen LogP contribution in [-0.4, -0.2) is 0 Å². The van der Waals surface area contributed by atoms with Gasteiger partial charge in [0.15, 0.2) is 0 Å². The van der Waals surface area contributed by atoms with Gasteiger partial charge in [0.2, 0.25) is 0 Å². The molecule has 0 heterocycles. The Kier molecular flexibility index (Phi) is 2.10. The number of hydrogen-bond donors (Lipinski definition) is 0. The normalized spacial score (nSPS) is 18.6. The van der Waals surface area contributed by atoms with Crippen molar-refractivity contribution in [2.45, 2.75) is 38.5 Å². The summed E-state index contributed by atoms with van der Waals surface area (Å²) in [6.07, 6.45) is 7.81. The van der Waals surface area contributed by atoms with Crippen LogP contribution >= 0.6 is 0 Å². The first kappa shape index (κ1) is 10.9. The summed E-state index contributed by atoms with van der Waals surface area (Å²) in [5.74, 6) is 0. The highest BCUT2D eigenvalue weighted by atomic mass is 14.3. The highest BCUT2D eigenvalue weighted by Gasteiger charge is 2.30. The van der Waals surface area contributed by atoms with Crippen molar-refractivity contribution in [1.29, 1.82) is 0 Å². The van der Waals surface area contributed by atoms with Gasteiger partial charge in [0.25, 0.3) is 0 Å². The van der Waals surface area contributed by atoms with Crippen LogP contribution in [0, 0.1) is 0 Å². The second-order valence-corrected chi connectivity index (χ2v) is 6.43. The summed E-state index contributed by atoms with van der Waals surface area (Å²) in [6.45, 7) is 0. The lowest BCUT2D eigenvalue weighted by Gasteiger charge is -2.16. The second-order valence-electron chi connectivity index (χ2n) is 6.43. The van der Waals surface area contributed by atoms with Crippen molar-refractivity contribution in [3.05, 3.63) is 64.2 Å². The third-order valence-electron chi connectivity index (χ3n) is 5.36. The minimum atomic E-state index is 1.14. The van der Waals surface area contributed by atoms with Crippen LogP contribution in [0.25, 0.3) is 16.7 Å². The lowest BCUT2D eigenvalue weighted by Crippen LogP contribution is -1.96.